The van der Waals surface area contributed by atoms with Crippen LogP contribution in [0.15, 0.2) is 29.1 Å². The van der Waals surface area contributed by atoms with Gasteiger partial charge in [0, 0.05) is 5.39 Å². The van der Waals surface area contributed by atoms with Crippen molar-refractivity contribution >= 4 is 39.7 Å². The topological polar surface area (TPSA) is 139 Å². The summed E-state index contributed by atoms with van der Waals surface area (Å²) in [4.78, 5) is 37.8. The molecule has 0 fully saturated rings. The number of carboxylic acid groups (broad SMARTS) is 1. The molecule has 2 aromatic carbocycles. The Morgan fingerprint density at radius 2 is 1.67 bits per heavy atom. The summed E-state index contributed by atoms with van der Waals surface area (Å²) in [5.74, 6) is -1.09. The van der Waals surface area contributed by atoms with Gasteiger partial charge in [0.05, 0.1) is 30.8 Å². The molecule has 3 N–H and O–H groups in total. The average Bonchev–Trinajstić information content (AvgIpc) is 2.79. The fourth-order valence-electron chi connectivity index (χ4n) is 3.48. The first kappa shape index (κ1) is 26.2. The Morgan fingerprint density at radius 1 is 1.00 bits per heavy atom. The molecule has 0 amide bonds. The van der Waals surface area contributed by atoms with Crippen LogP contribution in [0.1, 0.15) is 16.8 Å². The number of carbonyl (C=O) groups is 1. The predicted molar refractivity (Wildman–Crippen MR) is 126 cm³/mol. The second-order valence-electron chi connectivity index (χ2n) is 7.65. The van der Waals surface area contributed by atoms with Crippen molar-refractivity contribution in [2.24, 2.45) is 0 Å². The van der Waals surface area contributed by atoms with Crippen molar-refractivity contribution in [2.75, 3.05) is 19.5 Å². The number of aromatic nitrogens is 4. The van der Waals surface area contributed by atoms with Crippen LogP contribution in [0.5, 0.6) is 11.5 Å². The quantitative estimate of drug-likeness (QED) is 0.373. The molecule has 2 aromatic heterocycles. The Labute approximate surface area is 202 Å². The minimum atomic E-state index is -5.08. The van der Waals surface area contributed by atoms with Gasteiger partial charge in [-0.25, -0.2) is 19.7 Å². The monoisotopic (exact) mass is 505 g/mol. The lowest BCUT2D eigenvalue weighted by Crippen LogP contribution is -2.21. The summed E-state index contributed by atoms with van der Waals surface area (Å²) < 4.78 is 42.6. The molecule has 0 bridgehead atoms. The van der Waals surface area contributed by atoms with Crippen molar-refractivity contribution in [3.63, 3.8) is 0 Å². The molecule has 4 rings (SSSR count). The first-order valence-electron chi connectivity index (χ1n) is 10.3. The number of rotatable bonds is 4. The number of aromatic amines is 1. The molecule has 13 heteroatoms. The molecule has 0 aliphatic carbocycles. The van der Waals surface area contributed by atoms with Crippen LogP contribution in [0.25, 0.3) is 21.8 Å². The molecule has 0 atom stereocenters. The Morgan fingerprint density at radius 3 is 2.25 bits per heavy atom. The van der Waals surface area contributed by atoms with Crippen LogP contribution in [0.4, 0.5) is 25.1 Å². The Balaban J connectivity index is 0.000000454. The number of nitrogens with zero attached hydrogens (tertiary/aromatic N) is 3. The van der Waals surface area contributed by atoms with Crippen molar-refractivity contribution in [1.29, 1.82) is 0 Å². The molecule has 2 heterocycles. The third-order valence-electron chi connectivity index (χ3n) is 5.02. The maximum atomic E-state index is 12.5. The van der Waals surface area contributed by atoms with Crippen LogP contribution in [-0.2, 0) is 4.79 Å². The lowest BCUT2D eigenvalue weighted by atomic mass is 10.1. The number of benzene rings is 2. The summed E-state index contributed by atoms with van der Waals surface area (Å²) in [5, 5.41) is 11.5. The number of hydrogen-bond donors (Lipinski definition) is 3. The van der Waals surface area contributed by atoms with Gasteiger partial charge in [-0.3, -0.25) is 15.1 Å². The van der Waals surface area contributed by atoms with Crippen LogP contribution >= 0.6 is 0 Å². The normalized spacial score (nSPS) is 11.1. The van der Waals surface area contributed by atoms with E-state index in [0.717, 1.165) is 22.2 Å². The zero-order valence-corrected chi connectivity index (χ0v) is 19.9. The molecule has 0 spiro atoms. The van der Waals surface area contributed by atoms with Gasteiger partial charge in [-0.2, -0.15) is 13.2 Å². The van der Waals surface area contributed by atoms with E-state index in [1.54, 1.807) is 14.2 Å². The van der Waals surface area contributed by atoms with Crippen molar-refractivity contribution in [3.05, 3.63) is 51.4 Å². The molecule has 190 valence electrons. The second kappa shape index (κ2) is 10.1. The van der Waals surface area contributed by atoms with E-state index in [9.17, 15) is 18.0 Å². The maximum absolute atomic E-state index is 12.5. The lowest BCUT2D eigenvalue weighted by molar-refractivity contribution is -0.192. The first-order valence-corrected chi connectivity index (χ1v) is 10.3. The van der Waals surface area contributed by atoms with Gasteiger partial charge < -0.3 is 14.6 Å². The standard InChI is InChI=1S/C21H21N5O3.C2HF3O2/c1-10-8-11(2)16-14(9-10)19(27)25-21(23-16)26-20-22-12(3)13-6-7-15(28-4)18(29-5)17(13)24-20;3-2(4,5)1(6)7/h6-9H,1-5H3,(H2,22,23,24,25,26,27);(H,6,7). The number of halogens is 3. The molecular weight excluding hydrogens is 483 g/mol. The zero-order chi connectivity index (χ0) is 26.8. The van der Waals surface area contributed by atoms with Crippen molar-refractivity contribution in [3.8, 4) is 11.5 Å². The van der Waals surface area contributed by atoms with E-state index in [0.29, 0.717) is 33.9 Å². The summed E-state index contributed by atoms with van der Waals surface area (Å²) in [5.41, 5.74) is 3.72. The van der Waals surface area contributed by atoms with Crippen LogP contribution in [0, 0.1) is 20.8 Å². The Kier molecular flexibility index (Phi) is 7.32. The minimum Gasteiger partial charge on any atom is -0.493 e. The van der Waals surface area contributed by atoms with E-state index in [-0.39, 0.29) is 11.5 Å². The third kappa shape index (κ3) is 5.45. The molecule has 0 saturated carbocycles. The van der Waals surface area contributed by atoms with E-state index in [1.807, 2.05) is 45.0 Å². The molecular formula is C23H22F3N5O5. The van der Waals surface area contributed by atoms with Crippen LogP contribution in [0.2, 0.25) is 0 Å². The van der Waals surface area contributed by atoms with E-state index < -0.39 is 12.1 Å². The highest BCUT2D eigenvalue weighted by Crippen LogP contribution is 2.35. The molecule has 36 heavy (non-hydrogen) atoms. The van der Waals surface area contributed by atoms with Crippen molar-refractivity contribution in [2.45, 2.75) is 26.9 Å². The largest absolute Gasteiger partial charge is 0.493 e. The highest BCUT2D eigenvalue weighted by atomic mass is 19.4. The van der Waals surface area contributed by atoms with Gasteiger partial charge in [0.25, 0.3) is 5.56 Å². The van der Waals surface area contributed by atoms with Crippen LogP contribution in [0.3, 0.4) is 0 Å². The second-order valence-corrected chi connectivity index (χ2v) is 7.65. The predicted octanol–water partition coefficient (Wildman–Crippen LogP) is 4.19. The number of alkyl halides is 3. The third-order valence-corrected chi connectivity index (χ3v) is 5.02. The summed E-state index contributed by atoms with van der Waals surface area (Å²) in [7, 11) is 3.14. The number of carboxylic acids is 1. The number of anilines is 2. The smallest absolute Gasteiger partial charge is 0.490 e. The average molecular weight is 505 g/mol. The number of H-pyrrole nitrogens is 1. The highest BCUT2D eigenvalue weighted by molar-refractivity contribution is 5.90. The maximum Gasteiger partial charge on any atom is 0.490 e. The van der Waals surface area contributed by atoms with Crippen LogP contribution < -0.4 is 20.3 Å². The summed E-state index contributed by atoms with van der Waals surface area (Å²) in [6, 6.07) is 7.52. The molecule has 0 saturated heterocycles. The number of nitrogens with one attached hydrogen (secondary N) is 2. The minimum absolute atomic E-state index is 0.221. The fraction of sp³-hybridized carbons (Fsp3) is 0.261. The lowest BCUT2D eigenvalue weighted by Gasteiger charge is -2.13. The number of fused-ring (bicyclic) bond motifs is 2. The van der Waals surface area contributed by atoms with Gasteiger partial charge in [-0.15, -0.1) is 0 Å². The molecule has 0 radical (unpaired) electrons. The number of aliphatic carboxylic acids is 1. The Bertz CT molecular complexity index is 1520. The summed E-state index contributed by atoms with van der Waals surface area (Å²) in [6.45, 7) is 5.76. The molecule has 0 unspecified atom stereocenters. The van der Waals surface area contributed by atoms with Gasteiger partial charge in [-0.05, 0) is 50.1 Å². The molecule has 0 aliphatic rings. The summed E-state index contributed by atoms with van der Waals surface area (Å²) in [6.07, 6.45) is -5.08. The van der Waals surface area contributed by atoms with Gasteiger partial charge in [-0.1, -0.05) is 6.07 Å². The van der Waals surface area contributed by atoms with Gasteiger partial charge >= 0.3 is 12.1 Å². The Hall–Kier alpha value is -4.42. The number of hydrogen-bond acceptors (Lipinski definition) is 8. The van der Waals surface area contributed by atoms with Crippen molar-refractivity contribution < 1.29 is 32.5 Å². The highest BCUT2D eigenvalue weighted by Gasteiger charge is 2.38. The van der Waals surface area contributed by atoms with Gasteiger partial charge in [0.2, 0.25) is 11.9 Å². The number of ether oxygens (including phenoxy) is 2. The summed E-state index contributed by atoms with van der Waals surface area (Å²) >= 11 is 0. The van der Waals surface area contributed by atoms with Gasteiger partial charge in [0.1, 0.15) is 5.52 Å². The van der Waals surface area contributed by atoms with E-state index in [2.05, 4.69) is 25.3 Å². The van der Waals surface area contributed by atoms with Gasteiger partial charge in [0.15, 0.2) is 11.5 Å². The first-order chi connectivity index (χ1) is 16.8. The SMILES string of the molecule is COc1ccc2c(C)nc(Nc3nc4c(C)cc(C)cc4c(=O)[nH]3)nc2c1OC.O=C(O)C(F)(F)F. The van der Waals surface area contributed by atoms with E-state index in [1.165, 1.54) is 0 Å². The van der Waals surface area contributed by atoms with E-state index in [4.69, 9.17) is 19.4 Å². The molecule has 10 nitrogen and oxygen atoms in total. The molecule has 0 aliphatic heterocycles. The fourth-order valence-corrected chi connectivity index (χ4v) is 3.48. The number of methoxy groups -OCH3 is 2. The number of aryl methyl sites for hydroxylation is 3. The van der Waals surface area contributed by atoms with E-state index >= 15 is 0 Å². The van der Waals surface area contributed by atoms with Crippen molar-refractivity contribution in [1.82, 2.24) is 19.9 Å². The zero-order valence-electron chi connectivity index (χ0n) is 19.9. The molecule has 4 aromatic rings. The van der Waals surface area contributed by atoms with Crippen LogP contribution in [-0.4, -0.2) is 51.4 Å².